The van der Waals surface area contributed by atoms with E-state index in [-0.39, 0.29) is 11.8 Å². The Morgan fingerprint density at radius 3 is 2.80 bits per heavy atom. The number of carbonyl (C=O) groups excluding carboxylic acids is 1. The second-order valence-electron chi connectivity index (χ2n) is 4.05. The first kappa shape index (κ1) is 10.5. The minimum absolute atomic E-state index is 0.110. The van der Waals surface area contributed by atoms with Gasteiger partial charge in [0.2, 0.25) is 5.91 Å². The molecular formula is C11H13BrN2O. The lowest BCUT2D eigenvalue weighted by Gasteiger charge is -2.06. The van der Waals surface area contributed by atoms with Gasteiger partial charge in [-0.3, -0.25) is 4.79 Å². The molecule has 1 aliphatic rings. The van der Waals surface area contributed by atoms with Crippen molar-refractivity contribution in [2.45, 2.75) is 13.3 Å². The van der Waals surface area contributed by atoms with Crippen molar-refractivity contribution < 1.29 is 4.79 Å². The van der Waals surface area contributed by atoms with Gasteiger partial charge in [0.1, 0.15) is 0 Å². The normalized spacial score (nSPS) is 23.6. The minimum atomic E-state index is 0.110. The quantitative estimate of drug-likeness (QED) is 0.811. The van der Waals surface area contributed by atoms with E-state index in [1.54, 1.807) is 6.07 Å². The largest absolute Gasteiger partial charge is 0.398 e. The summed E-state index contributed by atoms with van der Waals surface area (Å²) in [4.78, 5) is 11.6. The van der Waals surface area contributed by atoms with Crippen molar-refractivity contribution >= 4 is 33.2 Å². The number of benzene rings is 1. The molecule has 1 saturated carbocycles. The molecule has 3 nitrogen and oxygen atoms in total. The van der Waals surface area contributed by atoms with Gasteiger partial charge in [0, 0.05) is 21.8 Å². The van der Waals surface area contributed by atoms with Crippen molar-refractivity contribution in [1.29, 1.82) is 0 Å². The van der Waals surface area contributed by atoms with Gasteiger partial charge in [-0.1, -0.05) is 6.92 Å². The molecule has 0 aliphatic heterocycles. The Morgan fingerprint density at radius 2 is 2.27 bits per heavy atom. The minimum Gasteiger partial charge on any atom is -0.398 e. The molecule has 2 rings (SSSR count). The molecule has 1 amide bonds. The topological polar surface area (TPSA) is 55.1 Å². The number of halogens is 1. The van der Waals surface area contributed by atoms with Gasteiger partial charge in [-0.05, 0) is 46.5 Å². The Labute approximate surface area is 97.2 Å². The van der Waals surface area contributed by atoms with E-state index in [0.717, 1.165) is 16.6 Å². The molecule has 2 atom stereocenters. The molecule has 0 aromatic heterocycles. The zero-order chi connectivity index (χ0) is 11.0. The van der Waals surface area contributed by atoms with Crippen LogP contribution in [0.2, 0.25) is 0 Å². The van der Waals surface area contributed by atoms with Gasteiger partial charge in [0.15, 0.2) is 0 Å². The van der Waals surface area contributed by atoms with E-state index in [9.17, 15) is 4.79 Å². The highest BCUT2D eigenvalue weighted by Crippen LogP contribution is 2.38. The fraction of sp³-hybridized carbons (Fsp3) is 0.364. The monoisotopic (exact) mass is 268 g/mol. The Morgan fingerprint density at radius 1 is 1.60 bits per heavy atom. The molecule has 0 radical (unpaired) electrons. The molecule has 1 fully saturated rings. The Bertz CT molecular complexity index is 406. The van der Waals surface area contributed by atoms with Gasteiger partial charge in [-0.25, -0.2) is 0 Å². The van der Waals surface area contributed by atoms with Crippen LogP contribution in [0.25, 0.3) is 0 Å². The fourth-order valence-electron chi connectivity index (χ4n) is 1.53. The van der Waals surface area contributed by atoms with Crippen molar-refractivity contribution in [1.82, 2.24) is 0 Å². The van der Waals surface area contributed by atoms with Crippen molar-refractivity contribution in [2.24, 2.45) is 11.8 Å². The van der Waals surface area contributed by atoms with E-state index in [2.05, 4.69) is 28.2 Å². The van der Waals surface area contributed by atoms with Crippen LogP contribution in [0.15, 0.2) is 22.7 Å². The van der Waals surface area contributed by atoms with E-state index in [1.807, 2.05) is 12.1 Å². The van der Waals surface area contributed by atoms with Gasteiger partial charge in [-0.2, -0.15) is 0 Å². The Kier molecular flexibility index (Phi) is 2.69. The zero-order valence-electron chi connectivity index (χ0n) is 8.46. The number of carbonyl (C=O) groups is 1. The van der Waals surface area contributed by atoms with Crippen LogP contribution in [0.5, 0.6) is 0 Å². The third-order valence-electron chi connectivity index (χ3n) is 2.71. The molecule has 4 heteroatoms. The summed E-state index contributed by atoms with van der Waals surface area (Å²) in [7, 11) is 0. The van der Waals surface area contributed by atoms with Crippen LogP contribution in [-0.4, -0.2) is 5.91 Å². The third-order valence-corrected chi connectivity index (χ3v) is 3.40. The molecule has 0 spiro atoms. The van der Waals surface area contributed by atoms with Gasteiger partial charge in [0.05, 0.1) is 0 Å². The van der Waals surface area contributed by atoms with Crippen LogP contribution in [0, 0.1) is 11.8 Å². The zero-order valence-corrected chi connectivity index (χ0v) is 10.0. The molecular weight excluding hydrogens is 256 g/mol. The number of hydrogen-bond acceptors (Lipinski definition) is 2. The molecule has 0 bridgehead atoms. The number of anilines is 2. The third kappa shape index (κ3) is 2.31. The van der Waals surface area contributed by atoms with Gasteiger partial charge in [0.25, 0.3) is 0 Å². The SMILES string of the molecule is CC1CC1C(=O)Nc1ccc(N)c(Br)c1. The molecule has 3 N–H and O–H groups in total. The molecule has 80 valence electrons. The fourth-order valence-corrected chi connectivity index (χ4v) is 1.91. The number of hydrogen-bond donors (Lipinski definition) is 2. The summed E-state index contributed by atoms with van der Waals surface area (Å²) < 4.78 is 0.809. The van der Waals surface area contributed by atoms with E-state index in [0.29, 0.717) is 11.6 Å². The van der Waals surface area contributed by atoms with E-state index in [4.69, 9.17) is 5.73 Å². The van der Waals surface area contributed by atoms with Crippen molar-refractivity contribution in [3.63, 3.8) is 0 Å². The van der Waals surface area contributed by atoms with E-state index >= 15 is 0 Å². The first-order valence-electron chi connectivity index (χ1n) is 4.94. The molecule has 0 saturated heterocycles. The summed E-state index contributed by atoms with van der Waals surface area (Å²) in [6, 6.07) is 5.40. The van der Waals surface area contributed by atoms with Gasteiger partial charge < -0.3 is 11.1 Å². The van der Waals surface area contributed by atoms with Gasteiger partial charge >= 0.3 is 0 Å². The highest BCUT2D eigenvalue weighted by atomic mass is 79.9. The van der Waals surface area contributed by atoms with E-state index < -0.39 is 0 Å². The molecule has 2 unspecified atom stereocenters. The average Bonchev–Trinajstić information content (AvgIpc) is 2.89. The molecule has 1 aromatic rings. The summed E-state index contributed by atoms with van der Waals surface area (Å²) >= 11 is 3.32. The van der Waals surface area contributed by atoms with Crippen LogP contribution in [0.4, 0.5) is 11.4 Å². The lowest BCUT2D eigenvalue weighted by Crippen LogP contribution is -2.14. The number of rotatable bonds is 2. The van der Waals surface area contributed by atoms with Crippen molar-refractivity contribution in [3.05, 3.63) is 22.7 Å². The molecule has 1 aliphatic carbocycles. The summed E-state index contributed by atoms with van der Waals surface area (Å²) in [5, 5.41) is 2.88. The second kappa shape index (κ2) is 3.85. The first-order valence-corrected chi connectivity index (χ1v) is 5.73. The number of nitrogens with two attached hydrogens (primary N) is 1. The maximum Gasteiger partial charge on any atom is 0.227 e. The number of amides is 1. The maximum absolute atomic E-state index is 11.6. The standard InChI is InChI=1S/C11H13BrN2O/c1-6-4-8(6)11(15)14-7-2-3-10(13)9(12)5-7/h2-3,5-6,8H,4,13H2,1H3,(H,14,15). The van der Waals surface area contributed by atoms with E-state index in [1.165, 1.54) is 0 Å². The molecule has 1 aromatic carbocycles. The summed E-state index contributed by atoms with van der Waals surface area (Å²) in [6.07, 6.45) is 1.00. The maximum atomic E-state index is 11.6. The predicted molar refractivity (Wildman–Crippen MR) is 64.5 cm³/mol. The Balaban J connectivity index is 2.04. The smallest absolute Gasteiger partial charge is 0.227 e. The Hall–Kier alpha value is -1.03. The van der Waals surface area contributed by atoms with Crippen LogP contribution in [0.3, 0.4) is 0 Å². The predicted octanol–water partition coefficient (Wildman–Crippen LogP) is 2.63. The summed E-state index contributed by atoms with van der Waals surface area (Å²) in [5.74, 6) is 0.836. The van der Waals surface area contributed by atoms with Crippen LogP contribution in [-0.2, 0) is 4.79 Å². The number of nitrogen functional groups attached to an aromatic ring is 1. The van der Waals surface area contributed by atoms with Crippen LogP contribution >= 0.6 is 15.9 Å². The van der Waals surface area contributed by atoms with Crippen molar-refractivity contribution in [3.8, 4) is 0 Å². The summed E-state index contributed by atoms with van der Waals surface area (Å²) in [5.41, 5.74) is 7.12. The lowest BCUT2D eigenvalue weighted by atomic mass is 10.2. The van der Waals surface area contributed by atoms with Crippen LogP contribution in [0.1, 0.15) is 13.3 Å². The highest BCUT2D eigenvalue weighted by Gasteiger charge is 2.39. The molecule has 15 heavy (non-hydrogen) atoms. The summed E-state index contributed by atoms with van der Waals surface area (Å²) in [6.45, 7) is 2.09. The van der Waals surface area contributed by atoms with Crippen molar-refractivity contribution in [2.75, 3.05) is 11.1 Å². The molecule has 0 heterocycles. The van der Waals surface area contributed by atoms with Crippen LogP contribution < -0.4 is 11.1 Å². The first-order chi connectivity index (χ1) is 7.08. The average molecular weight is 269 g/mol. The lowest BCUT2D eigenvalue weighted by molar-refractivity contribution is -0.117. The highest BCUT2D eigenvalue weighted by molar-refractivity contribution is 9.10. The number of nitrogens with one attached hydrogen (secondary N) is 1. The van der Waals surface area contributed by atoms with Gasteiger partial charge in [-0.15, -0.1) is 0 Å². The second-order valence-corrected chi connectivity index (χ2v) is 4.90.